The predicted octanol–water partition coefficient (Wildman–Crippen LogP) is 1.83. The highest BCUT2D eigenvalue weighted by atomic mass is 32.1. The fourth-order valence-corrected chi connectivity index (χ4v) is 1.85. The van der Waals surface area contributed by atoms with Gasteiger partial charge in [0.05, 0.1) is 10.7 Å². The first kappa shape index (κ1) is 12.1. The van der Waals surface area contributed by atoms with Crippen molar-refractivity contribution in [2.75, 3.05) is 0 Å². The predicted molar refractivity (Wildman–Crippen MR) is 60.1 cm³/mol. The van der Waals surface area contributed by atoms with E-state index in [4.69, 9.17) is 5.11 Å². The van der Waals surface area contributed by atoms with E-state index in [2.05, 4.69) is 24.1 Å². The number of carboxylic acid groups (broad SMARTS) is 1. The Morgan fingerprint density at radius 1 is 1.60 bits per heavy atom. The molecule has 0 aliphatic heterocycles. The Hall–Kier alpha value is -0.940. The van der Waals surface area contributed by atoms with Crippen molar-refractivity contribution in [1.82, 2.24) is 10.3 Å². The van der Waals surface area contributed by atoms with Gasteiger partial charge < -0.3 is 5.11 Å². The highest BCUT2D eigenvalue weighted by molar-refractivity contribution is 7.09. The van der Waals surface area contributed by atoms with E-state index < -0.39 is 12.0 Å². The molecule has 0 amide bonds. The van der Waals surface area contributed by atoms with E-state index in [1.807, 2.05) is 5.38 Å². The molecular formula is C10H16N2O2S. The quantitative estimate of drug-likeness (QED) is 0.807. The third-order valence-corrected chi connectivity index (χ3v) is 3.22. The number of nitrogens with one attached hydrogen (secondary N) is 1. The molecule has 1 heterocycles. The molecule has 1 rings (SSSR count). The standard InChI is InChI=1S/C10H16N2O2S/c1-6(2)9-12-8(5-15-9)4-11-7(3)10(13)14/h5-7,11H,4H2,1-3H3,(H,13,14)/t7-/m1/s1. The summed E-state index contributed by atoms with van der Waals surface area (Å²) in [6.45, 7) is 6.32. The van der Waals surface area contributed by atoms with Crippen molar-refractivity contribution in [3.8, 4) is 0 Å². The molecule has 0 aliphatic rings. The number of carbonyl (C=O) groups is 1. The van der Waals surface area contributed by atoms with Gasteiger partial charge in [-0.25, -0.2) is 4.98 Å². The lowest BCUT2D eigenvalue weighted by Gasteiger charge is -2.06. The largest absolute Gasteiger partial charge is 0.480 e. The van der Waals surface area contributed by atoms with Gasteiger partial charge in [0.1, 0.15) is 6.04 Å². The molecule has 0 aliphatic carbocycles. The number of thiazole rings is 1. The van der Waals surface area contributed by atoms with Gasteiger partial charge in [0.25, 0.3) is 0 Å². The van der Waals surface area contributed by atoms with Crippen LogP contribution in [0.2, 0.25) is 0 Å². The lowest BCUT2D eigenvalue weighted by Crippen LogP contribution is -2.33. The molecule has 1 atom stereocenters. The van der Waals surface area contributed by atoms with E-state index in [0.717, 1.165) is 10.7 Å². The zero-order chi connectivity index (χ0) is 11.4. The van der Waals surface area contributed by atoms with Crippen LogP contribution in [-0.2, 0) is 11.3 Å². The number of aliphatic carboxylic acids is 1. The van der Waals surface area contributed by atoms with Crippen LogP contribution in [0.4, 0.5) is 0 Å². The van der Waals surface area contributed by atoms with Gasteiger partial charge in [-0.2, -0.15) is 0 Å². The topological polar surface area (TPSA) is 62.2 Å². The molecule has 4 nitrogen and oxygen atoms in total. The van der Waals surface area contributed by atoms with Gasteiger partial charge in [-0.3, -0.25) is 10.1 Å². The van der Waals surface area contributed by atoms with Crippen LogP contribution in [0, 0.1) is 0 Å². The lowest BCUT2D eigenvalue weighted by molar-refractivity contribution is -0.139. The van der Waals surface area contributed by atoms with Gasteiger partial charge in [-0.1, -0.05) is 13.8 Å². The zero-order valence-electron chi connectivity index (χ0n) is 9.15. The molecule has 2 N–H and O–H groups in total. The van der Waals surface area contributed by atoms with Crippen molar-refractivity contribution in [3.05, 3.63) is 16.1 Å². The van der Waals surface area contributed by atoms with E-state index in [1.165, 1.54) is 0 Å². The van der Waals surface area contributed by atoms with Gasteiger partial charge in [-0.05, 0) is 6.92 Å². The van der Waals surface area contributed by atoms with E-state index in [1.54, 1.807) is 18.3 Å². The van der Waals surface area contributed by atoms with Crippen LogP contribution >= 0.6 is 11.3 Å². The minimum atomic E-state index is -0.839. The molecular weight excluding hydrogens is 212 g/mol. The number of carboxylic acids is 1. The van der Waals surface area contributed by atoms with Crippen molar-refractivity contribution in [2.24, 2.45) is 0 Å². The van der Waals surface area contributed by atoms with Crippen LogP contribution in [-0.4, -0.2) is 22.1 Å². The zero-order valence-corrected chi connectivity index (χ0v) is 9.97. The van der Waals surface area contributed by atoms with Gasteiger partial charge in [0.2, 0.25) is 0 Å². The third kappa shape index (κ3) is 3.60. The average molecular weight is 228 g/mol. The van der Waals surface area contributed by atoms with Crippen molar-refractivity contribution in [2.45, 2.75) is 39.3 Å². The first-order valence-electron chi connectivity index (χ1n) is 4.91. The van der Waals surface area contributed by atoms with Crippen LogP contribution < -0.4 is 5.32 Å². The molecule has 0 spiro atoms. The van der Waals surface area contributed by atoms with Crippen LogP contribution in [0.1, 0.15) is 37.4 Å². The Kier molecular flexibility index (Phi) is 4.23. The fourth-order valence-electron chi connectivity index (χ4n) is 1.01. The molecule has 15 heavy (non-hydrogen) atoms. The molecule has 0 radical (unpaired) electrons. The van der Waals surface area contributed by atoms with E-state index in [-0.39, 0.29) is 0 Å². The summed E-state index contributed by atoms with van der Waals surface area (Å²) < 4.78 is 0. The summed E-state index contributed by atoms with van der Waals surface area (Å²) in [5.74, 6) is -0.407. The summed E-state index contributed by atoms with van der Waals surface area (Å²) in [4.78, 5) is 15.0. The molecule has 0 bridgehead atoms. The van der Waals surface area contributed by atoms with Crippen LogP contribution in [0.3, 0.4) is 0 Å². The fraction of sp³-hybridized carbons (Fsp3) is 0.600. The van der Waals surface area contributed by atoms with E-state index >= 15 is 0 Å². The molecule has 0 unspecified atom stereocenters. The number of aromatic nitrogens is 1. The van der Waals surface area contributed by atoms with Crippen LogP contribution in [0.5, 0.6) is 0 Å². The first-order valence-corrected chi connectivity index (χ1v) is 5.79. The van der Waals surface area contributed by atoms with Gasteiger partial charge >= 0.3 is 5.97 Å². The molecule has 0 saturated heterocycles. The average Bonchev–Trinajstić information content (AvgIpc) is 2.62. The summed E-state index contributed by atoms with van der Waals surface area (Å²) >= 11 is 1.62. The second-order valence-electron chi connectivity index (χ2n) is 3.77. The lowest BCUT2D eigenvalue weighted by atomic mass is 10.2. The Balaban J connectivity index is 2.47. The summed E-state index contributed by atoms with van der Waals surface area (Å²) in [5.41, 5.74) is 0.914. The Morgan fingerprint density at radius 2 is 2.27 bits per heavy atom. The van der Waals surface area contributed by atoms with Crippen LogP contribution in [0.25, 0.3) is 0 Å². The minimum absolute atomic E-state index is 0.431. The number of hydrogen-bond acceptors (Lipinski definition) is 4. The normalized spacial score (nSPS) is 13.1. The maximum absolute atomic E-state index is 10.6. The maximum Gasteiger partial charge on any atom is 0.320 e. The second-order valence-corrected chi connectivity index (χ2v) is 4.66. The molecule has 1 aromatic rings. The SMILES string of the molecule is CC(C)c1nc(CN[C@H](C)C(=O)O)cs1. The summed E-state index contributed by atoms with van der Waals surface area (Å²) in [7, 11) is 0. The molecule has 1 aromatic heterocycles. The van der Waals surface area contributed by atoms with Crippen molar-refractivity contribution < 1.29 is 9.90 Å². The number of rotatable bonds is 5. The highest BCUT2D eigenvalue weighted by Crippen LogP contribution is 2.18. The molecule has 0 saturated carbocycles. The van der Waals surface area contributed by atoms with Crippen molar-refractivity contribution >= 4 is 17.3 Å². The molecule has 0 aromatic carbocycles. The monoisotopic (exact) mass is 228 g/mol. The van der Waals surface area contributed by atoms with Crippen molar-refractivity contribution in [3.63, 3.8) is 0 Å². The summed E-state index contributed by atoms with van der Waals surface area (Å²) in [6.07, 6.45) is 0. The Morgan fingerprint density at radius 3 is 2.73 bits per heavy atom. The number of hydrogen-bond donors (Lipinski definition) is 2. The minimum Gasteiger partial charge on any atom is -0.480 e. The first-order chi connectivity index (χ1) is 7.00. The van der Waals surface area contributed by atoms with Gasteiger partial charge in [0.15, 0.2) is 0 Å². The molecule has 5 heteroatoms. The molecule has 0 fully saturated rings. The maximum atomic E-state index is 10.6. The molecule has 84 valence electrons. The highest BCUT2D eigenvalue weighted by Gasteiger charge is 2.11. The van der Waals surface area contributed by atoms with E-state index in [9.17, 15) is 4.79 Å². The Bertz CT molecular complexity index is 336. The third-order valence-electron chi connectivity index (χ3n) is 2.02. The van der Waals surface area contributed by atoms with Crippen molar-refractivity contribution in [1.29, 1.82) is 0 Å². The smallest absolute Gasteiger partial charge is 0.320 e. The summed E-state index contributed by atoms with van der Waals surface area (Å²) in [6, 6.07) is -0.533. The Labute approximate surface area is 93.4 Å². The number of nitrogens with zero attached hydrogens (tertiary/aromatic N) is 1. The van der Waals surface area contributed by atoms with E-state index in [0.29, 0.717) is 12.5 Å². The second kappa shape index (κ2) is 5.23. The van der Waals surface area contributed by atoms with Gasteiger partial charge in [0, 0.05) is 17.8 Å². The van der Waals surface area contributed by atoms with Gasteiger partial charge in [-0.15, -0.1) is 11.3 Å². The summed E-state index contributed by atoms with van der Waals surface area (Å²) in [5, 5.41) is 14.6. The van der Waals surface area contributed by atoms with Crippen LogP contribution in [0.15, 0.2) is 5.38 Å².